The molecule has 1 aromatic carbocycles. The van der Waals surface area contributed by atoms with Crippen LogP contribution in [0.15, 0.2) is 12.1 Å². The Bertz CT molecular complexity index is 553. The lowest BCUT2D eigenvalue weighted by Crippen LogP contribution is -2.49. The van der Waals surface area contributed by atoms with Gasteiger partial charge in [-0.3, -0.25) is 0 Å². The maximum absolute atomic E-state index is 12.6. The minimum Gasteiger partial charge on any atom is -0.381 e. The van der Waals surface area contributed by atoms with Crippen molar-refractivity contribution in [3.63, 3.8) is 0 Å². The topological polar surface area (TPSA) is 41.6 Å². The molecule has 1 saturated carbocycles. The second-order valence-electron chi connectivity index (χ2n) is 6.57. The number of piperidine rings is 1. The van der Waals surface area contributed by atoms with Crippen molar-refractivity contribution in [2.75, 3.05) is 25.5 Å². The number of benzene rings is 1. The van der Waals surface area contributed by atoms with Gasteiger partial charge < -0.3 is 15.0 Å². The van der Waals surface area contributed by atoms with Crippen LogP contribution in [-0.4, -0.2) is 37.2 Å². The Morgan fingerprint density at radius 2 is 1.91 bits per heavy atom. The summed E-state index contributed by atoms with van der Waals surface area (Å²) in [5, 5.41) is 3.59. The molecule has 2 amide bonds. The number of halogens is 1. The van der Waals surface area contributed by atoms with Crippen LogP contribution >= 0.6 is 11.6 Å². The Labute approximate surface area is 136 Å². The second-order valence-corrected chi connectivity index (χ2v) is 6.98. The van der Waals surface area contributed by atoms with Crippen LogP contribution in [0.1, 0.15) is 24.0 Å². The van der Waals surface area contributed by atoms with Gasteiger partial charge in [0.05, 0.1) is 16.8 Å². The standard InChI is InChI=1S/C17H23ClN2O2/c1-10-6-11(2)15(14(18)7-10)19-17(21)20-8-12-4-5-13(9-20)16(12)22-3/h6-7,12-13,16H,4-5,8-9H2,1-3H3,(H,19,21)/t12-,13+,16?. The number of fused-ring (bicyclic) bond motifs is 2. The highest BCUT2D eigenvalue weighted by Crippen LogP contribution is 2.39. The molecule has 22 heavy (non-hydrogen) atoms. The first-order chi connectivity index (χ1) is 10.5. The molecule has 3 rings (SSSR count). The number of nitrogens with one attached hydrogen (secondary N) is 1. The van der Waals surface area contributed by atoms with Crippen molar-refractivity contribution in [2.45, 2.75) is 32.8 Å². The minimum atomic E-state index is -0.0553. The predicted molar refractivity (Wildman–Crippen MR) is 88.5 cm³/mol. The molecule has 3 atom stereocenters. The van der Waals surface area contributed by atoms with Crippen LogP contribution in [0, 0.1) is 25.7 Å². The van der Waals surface area contributed by atoms with Crippen molar-refractivity contribution >= 4 is 23.3 Å². The lowest BCUT2D eigenvalue weighted by Gasteiger charge is -2.37. The van der Waals surface area contributed by atoms with E-state index in [1.165, 1.54) is 0 Å². The zero-order valence-electron chi connectivity index (χ0n) is 13.4. The fourth-order valence-electron chi connectivity index (χ4n) is 3.98. The maximum atomic E-state index is 12.6. The fraction of sp³-hybridized carbons (Fsp3) is 0.588. The predicted octanol–water partition coefficient (Wildman–Crippen LogP) is 3.85. The number of likely N-dealkylation sites (tertiary alicyclic amines) is 1. The summed E-state index contributed by atoms with van der Waals surface area (Å²) in [6, 6.07) is 3.85. The van der Waals surface area contributed by atoms with Gasteiger partial charge in [0.1, 0.15) is 0 Å². The summed E-state index contributed by atoms with van der Waals surface area (Å²) >= 11 is 6.28. The summed E-state index contributed by atoms with van der Waals surface area (Å²) < 4.78 is 5.60. The molecule has 4 nitrogen and oxygen atoms in total. The first-order valence-electron chi connectivity index (χ1n) is 7.85. The van der Waals surface area contributed by atoms with E-state index in [0.29, 0.717) is 23.0 Å². The minimum absolute atomic E-state index is 0.0553. The summed E-state index contributed by atoms with van der Waals surface area (Å²) in [6.45, 7) is 5.50. The number of nitrogens with zero attached hydrogens (tertiary/aromatic N) is 1. The number of amides is 2. The Kier molecular flexibility index (Phi) is 4.33. The average molecular weight is 323 g/mol. The number of ether oxygens (including phenoxy) is 1. The van der Waals surface area contributed by atoms with Crippen LogP contribution in [-0.2, 0) is 4.74 Å². The molecule has 1 aliphatic carbocycles. The smallest absolute Gasteiger partial charge is 0.321 e. The molecular weight excluding hydrogens is 300 g/mol. The molecule has 2 bridgehead atoms. The Morgan fingerprint density at radius 3 is 2.45 bits per heavy atom. The van der Waals surface area contributed by atoms with Gasteiger partial charge in [-0.1, -0.05) is 17.7 Å². The van der Waals surface area contributed by atoms with Gasteiger partial charge in [-0.05, 0) is 43.9 Å². The number of methoxy groups -OCH3 is 1. The van der Waals surface area contributed by atoms with Gasteiger partial charge in [-0.2, -0.15) is 0 Å². The molecule has 5 heteroatoms. The summed E-state index contributed by atoms with van der Waals surface area (Å²) in [6.07, 6.45) is 2.61. The number of carbonyl (C=O) groups is 1. The molecule has 1 saturated heterocycles. The van der Waals surface area contributed by atoms with Crippen molar-refractivity contribution in [3.05, 3.63) is 28.3 Å². The molecule has 120 valence electrons. The molecular formula is C17H23ClN2O2. The van der Waals surface area contributed by atoms with Gasteiger partial charge in [0, 0.05) is 32.0 Å². The quantitative estimate of drug-likeness (QED) is 0.898. The average Bonchev–Trinajstić information content (AvgIpc) is 2.70. The highest BCUT2D eigenvalue weighted by molar-refractivity contribution is 6.34. The summed E-state index contributed by atoms with van der Waals surface area (Å²) in [5.74, 6) is 0.924. The molecule has 0 spiro atoms. The van der Waals surface area contributed by atoms with Crippen LogP contribution in [0.2, 0.25) is 5.02 Å². The van der Waals surface area contributed by atoms with E-state index >= 15 is 0 Å². The normalized spacial score (nSPS) is 27.1. The van der Waals surface area contributed by atoms with E-state index in [9.17, 15) is 4.79 Å². The monoisotopic (exact) mass is 322 g/mol. The van der Waals surface area contributed by atoms with E-state index < -0.39 is 0 Å². The van der Waals surface area contributed by atoms with E-state index in [4.69, 9.17) is 16.3 Å². The number of rotatable bonds is 2. The molecule has 1 aliphatic heterocycles. The number of aryl methyl sites for hydroxylation is 2. The van der Waals surface area contributed by atoms with Crippen molar-refractivity contribution in [1.82, 2.24) is 4.90 Å². The SMILES string of the molecule is COC1[C@@H]2CC[C@H]1CN(C(=O)Nc1c(C)cc(C)cc1Cl)C2. The molecule has 2 fully saturated rings. The van der Waals surface area contributed by atoms with Crippen LogP contribution in [0.25, 0.3) is 0 Å². The Balaban J connectivity index is 1.71. The third kappa shape index (κ3) is 2.82. The Morgan fingerprint density at radius 1 is 1.27 bits per heavy atom. The number of urea groups is 1. The summed E-state index contributed by atoms with van der Waals surface area (Å²) in [5.41, 5.74) is 2.81. The molecule has 1 unspecified atom stereocenters. The van der Waals surface area contributed by atoms with Gasteiger partial charge in [-0.25, -0.2) is 4.79 Å². The Hall–Kier alpha value is -1.26. The third-order valence-corrected chi connectivity index (χ3v) is 5.27. The molecule has 2 aliphatic rings. The fourth-order valence-corrected chi connectivity index (χ4v) is 4.35. The first-order valence-corrected chi connectivity index (χ1v) is 8.23. The van der Waals surface area contributed by atoms with Crippen molar-refractivity contribution in [3.8, 4) is 0 Å². The lowest BCUT2D eigenvalue weighted by atomic mass is 9.95. The van der Waals surface area contributed by atoms with Crippen LogP contribution in [0.4, 0.5) is 10.5 Å². The number of carbonyl (C=O) groups excluding carboxylic acids is 1. The van der Waals surface area contributed by atoms with Gasteiger partial charge in [0.25, 0.3) is 0 Å². The van der Waals surface area contributed by atoms with Gasteiger partial charge >= 0.3 is 6.03 Å². The highest BCUT2D eigenvalue weighted by atomic mass is 35.5. The van der Waals surface area contributed by atoms with Crippen molar-refractivity contribution < 1.29 is 9.53 Å². The molecule has 0 aromatic heterocycles. The molecule has 1 N–H and O–H groups in total. The van der Waals surface area contributed by atoms with Crippen LogP contribution in [0.3, 0.4) is 0 Å². The molecule has 0 radical (unpaired) electrons. The third-order valence-electron chi connectivity index (χ3n) is 4.97. The molecule has 1 heterocycles. The van der Waals surface area contributed by atoms with Gasteiger partial charge in [0.2, 0.25) is 0 Å². The number of hydrogen-bond acceptors (Lipinski definition) is 2. The highest BCUT2D eigenvalue weighted by Gasteiger charge is 2.43. The van der Waals surface area contributed by atoms with Gasteiger partial charge in [-0.15, -0.1) is 0 Å². The summed E-state index contributed by atoms with van der Waals surface area (Å²) in [4.78, 5) is 14.5. The maximum Gasteiger partial charge on any atom is 0.321 e. The van der Waals surface area contributed by atoms with Crippen LogP contribution in [0.5, 0.6) is 0 Å². The zero-order valence-corrected chi connectivity index (χ0v) is 14.1. The largest absolute Gasteiger partial charge is 0.381 e. The van der Waals surface area contributed by atoms with E-state index in [1.54, 1.807) is 7.11 Å². The number of hydrogen-bond donors (Lipinski definition) is 1. The lowest BCUT2D eigenvalue weighted by molar-refractivity contribution is -0.00364. The van der Waals surface area contributed by atoms with Crippen molar-refractivity contribution in [1.29, 1.82) is 0 Å². The van der Waals surface area contributed by atoms with Crippen LogP contribution < -0.4 is 5.32 Å². The van der Waals surface area contributed by atoms with Crippen molar-refractivity contribution in [2.24, 2.45) is 11.8 Å². The van der Waals surface area contributed by atoms with E-state index in [1.807, 2.05) is 30.9 Å². The zero-order chi connectivity index (χ0) is 15.9. The number of anilines is 1. The van der Waals surface area contributed by atoms with E-state index in [2.05, 4.69) is 5.32 Å². The van der Waals surface area contributed by atoms with E-state index in [0.717, 1.165) is 42.7 Å². The summed E-state index contributed by atoms with van der Waals surface area (Å²) in [7, 11) is 1.78. The molecule has 1 aromatic rings. The second kappa shape index (κ2) is 6.09. The van der Waals surface area contributed by atoms with Gasteiger partial charge in [0.15, 0.2) is 0 Å². The first kappa shape index (κ1) is 15.6. The van der Waals surface area contributed by atoms with E-state index in [-0.39, 0.29) is 6.03 Å².